The Morgan fingerprint density at radius 2 is 1.82 bits per heavy atom. The van der Waals surface area contributed by atoms with Crippen LogP contribution in [0.5, 0.6) is 5.75 Å². The Bertz CT molecular complexity index is 738. The van der Waals surface area contributed by atoms with Gasteiger partial charge in [-0.25, -0.2) is 0 Å². The second-order valence-corrected chi connectivity index (χ2v) is 5.75. The maximum atomic E-state index is 12.5. The number of rotatable bonds is 2. The molecule has 1 aliphatic heterocycles. The van der Waals surface area contributed by atoms with E-state index in [9.17, 15) is 4.79 Å². The van der Waals surface area contributed by atoms with Gasteiger partial charge in [0.05, 0.1) is 19.2 Å². The van der Waals surface area contributed by atoms with Crippen molar-refractivity contribution < 1.29 is 9.53 Å². The molecular formula is C18H20N2O2. The van der Waals surface area contributed by atoms with Crippen molar-refractivity contribution in [1.82, 2.24) is 0 Å². The average Bonchev–Trinajstić information content (AvgIpc) is 2.62. The van der Waals surface area contributed by atoms with Gasteiger partial charge in [0, 0.05) is 32.4 Å². The van der Waals surface area contributed by atoms with Crippen LogP contribution < -0.4 is 14.5 Å². The quantitative estimate of drug-likeness (QED) is 0.854. The minimum absolute atomic E-state index is 0.0872. The van der Waals surface area contributed by atoms with E-state index in [-0.39, 0.29) is 5.91 Å². The van der Waals surface area contributed by atoms with Crippen LogP contribution in [0, 0.1) is 0 Å². The number of fused-ring (bicyclic) bond motifs is 3. The maximum Gasteiger partial charge on any atom is 0.231 e. The third kappa shape index (κ3) is 2.30. The Morgan fingerprint density at radius 1 is 1.09 bits per heavy atom. The number of hydrogen-bond acceptors (Lipinski definition) is 3. The number of carbonyl (C=O) groups excluding carboxylic acids is 1. The second-order valence-electron chi connectivity index (χ2n) is 5.75. The zero-order valence-electron chi connectivity index (χ0n) is 13.4. The fourth-order valence-corrected chi connectivity index (χ4v) is 2.83. The van der Waals surface area contributed by atoms with E-state index < -0.39 is 0 Å². The van der Waals surface area contributed by atoms with Crippen LogP contribution in [0.3, 0.4) is 0 Å². The van der Waals surface area contributed by atoms with Crippen molar-refractivity contribution in [2.75, 3.05) is 38.1 Å². The fraction of sp³-hybridized carbons (Fsp3) is 0.278. The summed E-state index contributed by atoms with van der Waals surface area (Å²) >= 11 is 0. The van der Waals surface area contributed by atoms with Crippen LogP contribution in [0.4, 0.5) is 11.4 Å². The van der Waals surface area contributed by atoms with Gasteiger partial charge in [-0.3, -0.25) is 4.79 Å². The predicted molar refractivity (Wildman–Crippen MR) is 89.9 cm³/mol. The van der Waals surface area contributed by atoms with E-state index in [1.165, 1.54) is 0 Å². The molecule has 0 radical (unpaired) electrons. The summed E-state index contributed by atoms with van der Waals surface area (Å²) < 4.78 is 5.29. The van der Waals surface area contributed by atoms with E-state index in [2.05, 4.69) is 18.2 Å². The van der Waals surface area contributed by atoms with E-state index in [0.29, 0.717) is 6.42 Å². The summed E-state index contributed by atoms with van der Waals surface area (Å²) in [6, 6.07) is 12.2. The van der Waals surface area contributed by atoms with Gasteiger partial charge in [-0.15, -0.1) is 0 Å². The van der Waals surface area contributed by atoms with Crippen LogP contribution in [0.25, 0.3) is 11.1 Å². The summed E-state index contributed by atoms with van der Waals surface area (Å²) in [4.78, 5) is 16.3. The molecule has 0 aromatic heterocycles. The summed E-state index contributed by atoms with van der Waals surface area (Å²) in [6.45, 7) is 0. The van der Waals surface area contributed by atoms with Gasteiger partial charge in [-0.2, -0.15) is 0 Å². The zero-order valence-corrected chi connectivity index (χ0v) is 13.4. The van der Waals surface area contributed by atoms with Gasteiger partial charge in [0.2, 0.25) is 5.91 Å². The Kier molecular flexibility index (Phi) is 3.53. The highest BCUT2D eigenvalue weighted by Gasteiger charge is 2.24. The highest BCUT2D eigenvalue weighted by Crippen LogP contribution is 2.39. The average molecular weight is 296 g/mol. The normalized spacial score (nSPS) is 13.3. The molecule has 0 spiro atoms. The molecule has 4 nitrogen and oxygen atoms in total. The predicted octanol–water partition coefficient (Wildman–Crippen LogP) is 2.95. The molecule has 0 bridgehead atoms. The second kappa shape index (κ2) is 5.37. The van der Waals surface area contributed by atoms with Crippen molar-refractivity contribution in [1.29, 1.82) is 0 Å². The maximum absolute atomic E-state index is 12.5. The smallest absolute Gasteiger partial charge is 0.231 e. The number of amides is 1. The minimum Gasteiger partial charge on any atom is -0.497 e. The molecule has 0 saturated carbocycles. The Hall–Kier alpha value is -2.49. The number of ether oxygens (including phenoxy) is 1. The molecule has 0 unspecified atom stereocenters. The largest absolute Gasteiger partial charge is 0.497 e. The number of nitrogens with zero attached hydrogens (tertiary/aromatic N) is 2. The highest BCUT2D eigenvalue weighted by molar-refractivity contribution is 6.03. The van der Waals surface area contributed by atoms with Crippen LogP contribution in [-0.4, -0.2) is 34.2 Å². The molecule has 1 heterocycles. The third-order valence-corrected chi connectivity index (χ3v) is 4.18. The first-order valence-electron chi connectivity index (χ1n) is 7.26. The van der Waals surface area contributed by atoms with Crippen LogP contribution in [0.15, 0.2) is 36.4 Å². The summed E-state index contributed by atoms with van der Waals surface area (Å²) in [5.41, 5.74) is 5.21. The van der Waals surface area contributed by atoms with Gasteiger partial charge in [-0.05, 0) is 35.4 Å². The third-order valence-electron chi connectivity index (χ3n) is 4.18. The number of anilines is 2. The van der Waals surface area contributed by atoms with Crippen LogP contribution in [0.2, 0.25) is 0 Å². The molecule has 0 saturated heterocycles. The zero-order chi connectivity index (χ0) is 15.9. The first kappa shape index (κ1) is 14.4. The number of carbonyl (C=O) groups is 1. The van der Waals surface area contributed by atoms with Crippen molar-refractivity contribution in [2.45, 2.75) is 6.42 Å². The van der Waals surface area contributed by atoms with E-state index in [1.54, 1.807) is 12.0 Å². The lowest BCUT2D eigenvalue weighted by molar-refractivity contribution is -0.117. The topological polar surface area (TPSA) is 32.8 Å². The Balaban J connectivity index is 2.23. The summed E-state index contributed by atoms with van der Waals surface area (Å²) in [7, 11) is 7.48. The molecular weight excluding hydrogens is 276 g/mol. The van der Waals surface area contributed by atoms with Gasteiger partial charge < -0.3 is 14.5 Å². The minimum atomic E-state index is 0.0872. The van der Waals surface area contributed by atoms with E-state index in [1.807, 2.05) is 44.2 Å². The van der Waals surface area contributed by atoms with Crippen molar-refractivity contribution in [3.63, 3.8) is 0 Å². The first-order chi connectivity index (χ1) is 10.5. The molecule has 0 fully saturated rings. The van der Waals surface area contributed by atoms with E-state index in [4.69, 9.17) is 4.74 Å². The van der Waals surface area contributed by atoms with Crippen molar-refractivity contribution in [3.8, 4) is 16.9 Å². The molecule has 0 atom stereocenters. The molecule has 1 amide bonds. The summed E-state index contributed by atoms with van der Waals surface area (Å²) in [6.07, 6.45) is 0.384. The number of likely N-dealkylation sites (N-methyl/N-ethyl adjacent to an activating group) is 1. The van der Waals surface area contributed by atoms with E-state index in [0.717, 1.165) is 33.8 Å². The molecule has 22 heavy (non-hydrogen) atoms. The number of benzene rings is 2. The standard InChI is InChI=1S/C18H20N2O2/c1-19(2)13-5-7-16-15-8-6-14(22-4)9-12(15)10-18(21)20(3)17(16)11-13/h5-9,11H,10H2,1-4H3. The van der Waals surface area contributed by atoms with Gasteiger partial charge in [0.15, 0.2) is 0 Å². The summed E-state index contributed by atoms with van der Waals surface area (Å²) in [5, 5.41) is 0. The highest BCUT2D eigenvalue weighted by atomic mass is 16.5. The van der Waals surface area contributed by atoms with Crippen molar-refractivity contribution >= 4 is 17.3 Å². The molecule has 114 valence electrons. The van der Waals surface area contributed by atoms with Gasteiger partial charge in [-0.1, -0.05) is 12.1 Å². The first-order valence-corrected chi connectivity index (χ1v) is 7.26. The SMILES string of the molecule is COc1ccc2c(c1)CC(=O)N(C)c1cc(N(C)C)ccc1-2. The van der Waals surface area contributed by atoms with E-state index >= 15 is 0 Å². The molecule has 4 heteroatoms. The van der Waals surface area contributed by atoms with Crippen molar-refractivity contribution in [3.05, 3.63) is 42.0 Å². The lowest BCUT2D eigenvalue weighted by Gasteiger charge is -2.21. The fourth-order valence-electron chi connectivity index (χ4n) is 2.83. The van der Waals surface area contributed by atoms with Crippen LogP contribution in [-0.2, 0) is 11.2 Å². The Morgan fingerprint density at radius 3 is 2.50 bits per heavy atom. The number of hydrogen-bond donors (Lipinski definition) is 0. The van der Waals surface area contributed by atoms with Gasteiger partial charge in [0.25, 0.3) is 0 Å². The molecule has 0 N–H and O–H groups in total. The lowest BCUT2D eigenvalue weighted by atomic mass is 9.97. The summed E-state index contributed by atoms with van der Waals surface area (Å²) in [5.74, 6) is 0.867. The molecule has 1 aliphatic rings. The van der Waals surface area contributed by atoms with Crippen LogP contribution >= 0.6 is 0 Å². The molecule has 2 aromatic carbocycles. The number of methoxy groups -OCH3 is 1. The van der Waals surface area contributed by atoms with Crippen LogP contribution in [0.1, 0.15) is 5.56 Å². The van der Waals surface area contributed by atoms with Gasteiger partial charge >= 0.3 is 0 Å². The van der Waals surface area contributed by atoms with Gasteiger partial charge in [0.1, 0.15) is 5.75 Å². The Labute approximate surface area is 130 Å². The van der Waals surface area contributed by atoms with Crippen molar-refractivity contribution in [2.24, 2.45) is 0 Å². The molecule has 3 rings (SSSR count). The molecule has 0 aliphatic carbocycles. The lowest BCUT2D eigenvalue weighted by Crippen LogP contribution is -2.27. The monoisotopic (exact) mass is 296 g/mol. The molecule has 2 aromatic rings.